The lowest BCUT2D eigenvalue weighted by Crippen LogP contribution is -1.94. The van der Waals surface area contributed by atoms with Crippen molar-refractivity contribution in [2.24, 2.45) is 5.92 Å². The molecule has 0 amide bonds. The van der Waals surface area contributed by atoms with Gasteiger partial charge in [0.15, 0.2) is 0 Å². The van der Waals surface area contributed by atoms with Gasteiger partial charge in [0.05, 0.1) is 0 Å². The van der Waals surface area contributed by atoms with Crippen LogP contribution in [-0.2, 0) is 6.42 Å². The maximum absolute atomic E-state index is 9.02. The molecule has 2 rings (SSSR count). The van der Waals surface area contributed by atoms with Crippen LogP contribution < -0.4 is 0 Å². The third kappa shape index (κ3) is 1.91. The van der Waals surface area contributed by atoms with Crippen LogP contribution in [0.15, 0.2) is 22.6 Å². The van der Waals surface area contributed by atoms with Gasteiger partial charge in [0, 0.05) is 16.0 Å². The SMILES string of the molecule is CC(C)Cc1c(C#N)oc2ccc(Cl)cc12. The zero-order chi connectivity index (χ0) is 11.7. The average Bonchev–Trinajstić information content (AvgIpc) is 2.56. The highest BCUT2D eigenvalue weighted by molar-refractivity contribution is 6.31. The molecule has 1 heterocycles. The molecule has 0 saturated heterocycles. The Bertz CT molecular complexity index is 563. The van der Waals surface area contributed by atoms with E-state index in [1.165, 1.54) is 0 Å². The quantitative estimate of drug-likeness (QED) is 0.781. The molecule has 0 fully saturated rings. The predicted molar refractivity (Wildman–Crippen MR) is 64.5 cm³/mol. The lowest BCUT2D eigenvalue weighted by molar-refractivity contribution is 0.579. The van der Waals surface area contributed by atoms with Gasteiger partial charge in [-0.25, -0.2) is 0 Å². The third-order valence-electron chi connectivity index (χ3n) is 2.47. The van der Waals surface area contributed by atoms with Crippen molar-refractivity contribution in [1.82, 2.24) is 0 Å². The van der Waals surface area contributed by atoms with E-state index in [2.05, 4.69) is 19.9 Å². The number of nitriles is 1. The number of hydrogen-bond donors (Lipinski definition) is 0. The van der Waals surface area contributed by atoms with Gasteiger partial charge in [0.1, 0.15) is 11.7 Å². The van der Waals surface area contributed by atoms with Gasteiger partial charge in [-0.3, -0.25) is 0 Å². The molecule has 0 aliphatic heterocycles. The summed E-state index contributed by atoms with van der Waals surface area (Å²) in [5, 5.41) is 10.7. The monoisotopic (exact) mass is 233 g/mol. The first-order chi connectivity index (χ1) is 7.61. The van der Waals surface area contributed by atoms with Crippen molar-refractivity contribution in [2.45, 2.75) is 20.3 Å². The smallest absolute Gasteiger partial charge is 0.207 e. The van der Waals surface area contributed by atoms with Crippen LogP contribution in [0, 0.1) is 17.2 Å². The van der Waals surface area contributed by atoms with Gasteiger partial charge in [0.25, 0.3) is 0 Å². The Morgan fingerprint density at radius 1 is 1.44 bits per heavy atom. The minimum Gasteiger partial charge on any atom is -0.445 e. The van der Waals surface area contributed by atoms with Gasteiger partial charge in [0.2, 0.25) is 5.76 Å². The molecule has 1 aromatic carbocycles. The maximum Gasteiger partial charge on any atom is 0.207 e. The van der Waals surface area contributed by atoms with Crippen molar-refractivity contribution >= 4 is 22.6 Å². The minimum absolute atomic E-state index is 0.408. The van der Waals surface area contributed by atoms with Crippen molar-refractivity contribution in [1.29, 1.82) is 5.26 Å². The summed E-state index contributed by atoms with van der Waals surface area (Å²) in [7, 11) is 0. The molecule has 1 aromatic heterocycles. The highest BCUT2D eigenvalue weighted by Crippen LogP contribution is 2.29. The molecular formula is C13H12ClNO. The first-order valence-electron chi connectivity index (χ1n) is 5.23. The molecule has 2 nitrogen and oxygen atoms in total. The lowest BCUT2D eigenvalue weighted by Gasteiger charge is -2.02. The van der Waals surface area contributed by atoms with Crippen LogP contribution in [0.25, 0.3) is 11.0 Å². The highest BCUT2D eigenvalue weighted by atomic mass is 35.5. The van der Waals surface area contributed by atoms with E-state index in [4.69, 9.17) is 21.3 Å². The average molecular weight is 234 g/mol. The Kier molecular flexibility index (Phi) is 2.89. The van der Waals surface area contributed by atoms with Crippen LogP contribution in [0.5, 0.6) is 0 Å². The number of halogens is 1. The summed E-state index contributed by atoms with van der Waals surface area (Å²) in [6.45, 7) is 4.23. The van der Waals surface area contributed by atoms with Gasteiger partial charge < -0.3 is 4.42 Å². The molecule has 0 atom stereocenters. The summed E-state index contributed by atoms with van der Waals surface area (Å²) < 4.78 is 5.48. The number of furan rings is 1. The Morgan fingerprint density at radius 3 is 2.81 bits per heavy atom. The van der Waals surface area contributed by atoms with E-state index in [9.17, 15) is 0 Å². The molecule has 16 heavy (non-hydrogen) atoms. The molecule has 0 N–H and O–H groups in total. The topological polar surface area (TPSA) is 36.9 Å². The molecule has 2 aromatic rings. The second kappa shape index (κ2) is 4.19. The Labute approximate surface area is 99.4 Å². The van der Waals surface area contributed by atoms with Crippen LogP contribution >= 0.6 is 11.6 Å². The largest absolute Gasteiger partial charge is 0.445 e. The number of rotatable bonds is 2. The second-order valence-corrected chi connectivity index (χ2v) is 4.70. The van der Waals surface area contributed by atoms with Gasteiger partial charge in [-0.05, 0) is 30.5 Å². The summed E-state index contributed by atoms with van der Waals surface area (Å²) in [5.41, 5.74) is 1.70. The lowest BCUT2D eigenvalue weighted by atomic mass is 10.0. The van der Waals surface area contributed by atoms with Crippen LogP contribution in [0.1, 0.15) is 25.2 Å². The molecular weight excluding hydrogens is 222 g/mol. The molecule has 0 radical (unpaired) electrons. The summed E-state index contributed by atoms with van der Waals surface area (Å²) in [6, 6.07) is 7.54. The fraction of sp³-hybridized carbons (Fsp3) is 0.308. The standard InChI is InChI=1S/C13H12ClNO/c1-8(2)5-10-11-6-9(14)3-4-12(11)16-13(10)7-15/h3-4,6,8H,5H2,1-2H3. The van der Waals surface area contributed by atoms with Gasteiger partial charge in [-0.1, -0.05) is 25.4 Å². The van der Waals surface area contributed by atoms with E-state index in [0.29, 0.717) is 16.7 Å². The van der Waals surface area contributed by atoms with Gasteiger partial charge in [-0.2, -0.15) is 5.26 Å². The number of hydrogen-bond acceptors (Lipinski definition) is 2. The highest BCUT2D eigenvalue weighted by Gasteiger charge is 2.15. The van der Waals surface area contributed by atoms with Gasteiger partial charge in [-0.15, -0.1) is 0 Å². The molecule has 0 aliphatic rings. The van der Waals surface area contributed by atoms with Gasteiger partial charge >= 0.3 is 0 Å². The van der Waals surface area contributed by atoms with Crippen LogP contribution in [-0.4, -0.2) is 0 Å². The van der Waals surface area contributed by atoms with E-state index < -0.39 is 0 Å². The zero-order valence-corrected chi connectivity index (χ0v) is 10.0. The first kappa shape index (κ1) is 11.0. The molecule has 82 valence electrons. The van der Waals surface area contributed by atoms with Crippen molar-refractivity contribution in [3.8, 4) is 6.07 Å². The summed E-state index contributed by atoms with van der Waals surface area (Å²) in [4.78, 5) is 0. The van der Waals surface area contributed by atoms with Crippen LogP contribution in [0.2, 0.25) is 5.02 Å². The number of fused-ring (bicyclic) bond motifs is 1. The molecule has 0 unspecified atom stereocenters. The Hall–Kier alpha value is -1.46. The fourth-order valence-electron chi connectivity index (χ4n) is 1.82. The molecule has 0 aliphatic carbocycles. The Morgan fingerprint density at radius 2 is 2.19 bits per heavy atom. The number of benzene rings is 1. The molecule has 0 spiro atoms. The van der Waals surface area contributed by atoms with E-state index in [0.717, 1.165) is 23.0 Å². The van der Waals surface area contributed by atoms with Crippen molar-refractivity contribution in [2.75, 3.05) is 0 Å². The molecule has 3 heteroatoms. The summed E-state index contributed by atoms with van der Waals surface area (Å²) >= 11 is 5.96. The summed E-state index contributed by atoms with van der Waals surface area (Å²) in [6.07, 6.45) is 0.830. The normalized spacial score (nSPS) is 10.9. The molecule has 0 bridgehead atoms. The van der Waals surface area contributed by atoms with Crippen LogP contribution in [0.3, 0.4) is 0 Å². The first-order valence-corrected chi connectivity index (χ1v) is 5.60. The molecule has 0 saturated carbocycles. The van der Waals surface area contributed by atoms with Crippen LogP contribution in [0.4, 0.5) is 0 Å². The van der Waals surface area contributed by atoms with E-state index in [1.54, 1.807) is 6.07 Å². The second-order valence-electron chi connectivity index (χ2n) is 4.26. The zero-order valence-electron chi connectivity index (χ0n) is 9.25. The Balaban J connectivity index is 2.67. The van der Waals surface area contributed by atoms with E-state index >= 15 is 0 Å². The number of nitrogens with zero attached hydrogens (tertiary/aromatic N) is 1. The van der Waals surface area contributed by atoms with Crippen molar-refractivity contribution < 1.29 is 4.42 Å². The maximum atomic E-state index is 9.02. The van der Waals surface area contributed by atoms with Crippen molar-refractivity contribution in [3.63, 3.8) is 0 Å². The fourth-order valence-corrected chi connectivity index (χ4v) is 1.99. The third-order valence-corrected chi connectivity index (χ3v) is 2.70. The van der Waals surface area contributed by atoms with Crippen molar-refractivity contribution in [3.05, 3.63) is 34.5 Å². The predicted octanol–water partition coefficient (Wildman–Crippen LogP) is 4.16. The van der Waals surface area contributed by atoms with E-state index in [-0.39, 0.29) is 0 Å². The minimum atomic E-state index is 0.408. The summed E-state index contributed by atoms with van der Waals surface area (Å²) in [5.74, 6) is 0.887. The van der Waals surface area contributed by atoms with E-state index in [1.807, 2.05) is 12.1 Å².